The van der Waals surface area contributed by atoms with E-state index >= 15 is 0 Å². The highest BCUT2D eigenvalue weighted by Crippen LogP contribution is 2.33. The number of carbonyl (C=O) groups excluding carboxylic acids is 2. The summed E-state index contributed by atoms with van der Waals surface area (Å²) >= 11 is 1.29. The molecule has 0 fully saturated rings. The van der Waals surface area contributed by atoms with Crippen LogP contribution in [-0.4, -0.2) is 37.3 Å². The Morgan fingerprint density at radius 1 is 1.07 bits per heavy atom. The van der Waals surface area contributed by atoms with Gasteiger partial charge in [-0.2, -0.15) is 4.99 Å². The summed E-state index contributed by atoms with van der Waals surface area (Å²) in [7, 11) is 3.09. The van der Waals surface area contributed by atoms with Crippen LogP contribution in [0.3, 0.4) is 0 Å². The average molecular weight is 400 g/mol. The standard InChI is InChI=1S/C20H20N2O5S/c1-4-27-18(23)12-22-14-10-15(25-2)16(26-3)11-17(14)28-20(22)21-19(24)13-8-6-5-7-9-13/h5-11H,4,12H2,1-3H3. The first kappa shape index (κ1) is 19.6. The molecule has 8 heteroatoms. The van der Waals surface area contributed by atoms with Crippen molar-refractivity contribution in [2.45, 2.75) is 13.5 Å². The van der Waals surface area contributed by atoms with Gasteiger partial charge in [0.25, 0.3) is 5.91 Å². The number of methoxy groups -OCH3 is 2. The number of amides is 1. The number of aromatic nitrogens is 1. The molecule has 0 saturated heterocycles. The summed E-state index contributed by atoms with van der Waals surface area (Å²) in [4.78, 5) is 29.3. The van der Waals surface area contributed by atoms with E-state index in [-0.39, 0.29) is 19.1 Å². The van der Waals surface area contributed by atoms with Crippen LogP contribution in [0.5, 0.6) is 11.5 Å². The number of fused-ring (bicyclic) bond motifs is 1. The number of carbonyl (C=O) groups is 2. The molecule has 7 nitrogen and oxygen atoms in total. The molecule has 0 aliphatic rings. The maximum atomic E-state index is 12.6. The molecule has 0 atom stereocenters. The van der Waals surface area contributed by atoms with Crippen molar-refractivity contribution < 1.29 is 23.8 Å². The summed E-state index contributed by atoms with van der Waals surface area (Å²) in [5, 5.41) is 0. The van der Waals surface area contributed by atoms with Crippen LogP contribution in [0, 0.1) is 0 Å². The zero-order chi connectivity index (χ0) is 20.1. The third-order valence-corrected chi connectivity index (χ3v) is 5.04. The van der Waals surface area contributed by atoms with Gasteiger partial charge in [0.2, 0.25) is 0 Å². The molecule has 3 aromatic rings. The first-order chi connectivity index (χ1) is 13.6. The monoisotopic (exact) mass is 400 g/mol. The maximum Gasteiger partial charge on any atom is 0.326 e. The van der Waals surface area contributed by atoms with Crippen LogP contribution in [0.25, 0.3) is 10.2 Å². The van der Waals surface area contributed by atoms with Gasteiger partial charge >= 0.3 is 5.97 Å². The Bertz CT molecular complexity index is 1070. The predicted molar refractivity (Wildman–Crippen MR) is 106 cm³/mol. The third-order valence-electron chi connectivity index (χ3n) is 4.00. The smallest absolute Gasteiger partial charge is 0.326 e. The first-order valence-electron chi connectivity index (χ1n) is 8.62. The van der Waals surface area contributed by atoms with E-state index in [1.807, 2.05) is 6.07 Å². The lowest BCUT2D eigenvalue weighted by Gasteiger charge is -2.09. The quantitative estimate of drug-likeness (QED) is 0.594. The Morgan fingerprint density at radius 2 is 1.75 bits per heavy atom. The molecular weight excluding hydrogens is 380 g/mol. The van der Waals surface area contributed by atoms with Gasteiger partial charge in [0.1, 0.15) is 6.54 Å². The van der Waals surface area contributed by atoms with Crippen molar-refractivity contribution in [3.8, 4) is 11.5 Å². The predicted octanol–water partition coefficient (Wildman–Crippen LogP) is 3.02. The van der Waals surface area contributed by atoms with Gasteiger partial charge in [0.05, 0.1) is 31.0 Å². The number of hydrogen-bond donors (Lipinski definition) is 0. The number of ether oxygens (including phenoxy) is 3. The first-order valence-corrected chi connectivity index (χ1v) is 9.44. The molecule has 0 aliphatic carbocycles. The van der Waals surface area contributed by atoms with Gasteiger partial charge in [-0.3, -0.25) is 9.59 Å². The molecule has 1 aromatic heterocycles. The van der Waals surface area contributed by atoms with Gasteiger partial charge in [-0.05, 0) is 19.1 Å². The van der Waals surface area contributed by atoms with Gasteiger partial charge < -0.3 is 18.8 Å². The summed E-state index contributed by atoms with van der Waals surface area (Å²) in [6.07, 6.45) is 0. The molecule has 0 spiro atoms. The zero-order valence-electron chi connectivity index (χ0n) is 15.8. The van der Waals surface area contributed by atoms with Crippen molar-refractivity contribution >= 4 is 33.4 Å². The van der Waals surface area contributed by atoms with Gasteiger partial charge in [0.15, 0.2) is 16.3 Å². The van der Waals surface area contributed by atoms with Crippen LogP contribution in [0.4, 0.5) is 0 Å². The van der Waals surface area contributed by atoms with Crippen LogP contribution in [0.2, 0.25) is 0 Å². The van der Waals surface area contributed by atoms with E-state index in [0.717, 1.165) is 4.70 Å². The van der Waals surface area contributed by atoms with Crippen LogP contribution in [0.1, 0.15) is 17.3 Å². The van der Waals surface area contributed by atoms with Gasteiger partial charge in [0, 0.05) is 17.7 Å². The van der Waals surface area contributed by atoms with Gasteiger partial charge in [-0.25, -0.2) is 0 Å². The third kappa shape index (κ3) is 4.07. The topological polar surface area (TPSA) is 79.1 Å². The number of rotatable bonds is 6. The second-order valence-corrected chi connectivity index (χ2v) is 6.74. The van der Waals surface area contributed by atoms with Crippen LogP contribution < -0.4 is 14.3 Å². The van der Waals surface area contributed by atoms with Crippen molar-refractivity contribution in [1.82, 2.24) is 4.57 Å². The number of esters is 1. The van der Waals surface area contributed by atoms with E-state index < -0.39 is 5.97 Å². The molecule has 0 unspecified atom stereocenters. The number of benzene rings is 2. The second kappa shape index (κ2) is 8.71. The van der Waals surface area contributed by atoms with E-state index in [4.69, 9.17) is 14.2 Å². The molecule has 2 aromatic carbocycles. The minimum Gasteiger partial charge on any atom is -0.493 e. The highest BCUT2D eigenvalue weighted by Gasteiger charge is 2.16. The van der Waals surface area contributed by atoms with E-state index in [2.05, 4.69) is 4.99 Å². The minimum atomic E-state index is -0.411. The highest BCUT2D eigenvalue weighted by atomic mass is 32.1. The van der Waals surface area contributed by atoms with Crippen LogP contribution in [0.15, 0.2) is 47.5 Å². The van der Waals surface area contributed by atoms with Crippen molar-refractivity contribution in [2.75, 3.05) is 20.8 Å². The van der Waals surface area contributed by atoms with Crippen LogP contribution in [-0.2, 0) is 16.1 Å². The molecule has 0 bridgehead atoms. The lowest BCUT2D eigenvalue weighted by Crippen LogP contribution is -2.23. The van der Waals surface area contributed by atoms with E-state index in [1.165, 1.54) is 18.4 Å². The summed E-state index contributed by atoms with van der Waals surface area (Å²) in [6.45, 7) is 1.95. The normalized spacial score (nSPS) is 11.5. The van der Waals surface area contributed by atoms with E-state index in [9.17, 15) is 9.59 Å². The number of nitrogens with zero attached hydrogens (tertiary/aromatic N) is 2. The fourth-order valence-electron chi connectivity index (χ4n) is 2.70. The average Bonchev–Trinajstić information content (AvgIpc) is 3.03. The second-order valence-electron chi connectivity index (χ2n) is 5.73. The minimum absolute atomic E-state index is 0.0653. The van der Waals surface area contributed by atoms with Crippen molar-refractivity contribution in [3.05, 3.63) is 52.8 Å². The highest BCUT2D eigenvalue weighted by molar-refractivity contribution is 7.16. The Balaban J connectivity index is 2.18. The summed E-state index contributed by atoms with van der Waals surface area (Å²) in [6, 6.07) is 12.3. The molecule has 0 radical (unpaired) electrons. The Labute approximate surface area is 165 Å². The van der Waals surface area contributed by atoms with Gasteiger partial charge in [-0.1, -0.05) is 29.5 Å². The Morgan fingerprint density at radius 3 is 2.39 bits per heavy atom. The Kier molecular flexibility index (Phi) is 6.10. The molecule has 28 heavy (non-hydrogen) atoms. The molecule has 1 amide bonds. The lowest BCUT2D eigenvalue weighted by molar-refractivity contribution is -0.143. The fourth-order valence-corrected chi connectivity index (χ4v) is 3.74. The van der Waals surface area contributed by atoms with E-state index in [0.29, 0.717) is 27.4 Å². The molecule has 146 valence electrons. The number of hydrogen-bond acceptors (Lipinski definition) is 6. The molecule has 1 heterocycles. The molecule has 0 N–H and O–H groups in total. The maximum absolute atomic E-state index is 12.6. The van der Waals surface area contributed by atoms with E-state index in [1.54, 1.807) is 55.0 Å². The van der Waals surface area contributed by atoms with Gasteiger partial charge in [-0.15, -0.1) is 0 Å². The summed E-state index contributed by atoms with van der Waals surface area (Å²) in [5.41, 5.74) is 1.17. The lowest BCUT2D eigenvalue weighted by atomic mass is 10.2. The molecule has 0 saturated carbocycles. The zero-order valence-corrected chi connectivity index (χ0v) is 16.6. The summed E-state index contributed by atoms with van der Waals surface area (Å²) < 4.78 is 18.2. The van der Waals surface area contributed by atoms with Crippen molar-refractivity contribution in [2.24, 2.45) is 4.99 Å². The number of thiazole rings is 1. The van der Waals surface area contributed by atoms with Crippen molar-refractivity contribution in [1.29, 1.82) is 0 Å². The van der Waals surface area contributed by atoms with Crippen LogP contribution >= 0.6 is 11.3 Å². The Hall–Kier alpha value is -3.13. The SMILES string of the molecule is CCOC(=O)Cn1c(=NC(=O)c2ccccc2)sc2cc(OC)c(OC)cc21. The molecule has 3 rings (SSSR count). The molecule has 0 aliphatic heterocycles. The summed E-state index contributed by atoms with van der Waals surface area (Å²) in [5.74, 6) is 0.279. The fraction of sp³-hybridized carbons (Fsp3) is 0.250. The molecular formula is C20H20N2O5S. The van der Waals surface area contributed by atoms with Crippen molar-refractivity contribution in [3.63, 3.8) is 0 Å². The largest absolute Gasteiger partial charge is 0.493 e.